The van der Waals surface area contributed by atoms with Crippen LogP contribution in [0.1, 0.15) is 33.6 Å². The molecular formula is C18H25Cl2N3O3. The van der Waals surface area contributed by atoms with Crippen LogP contribution in [0.25, 0.3) is 0 Å². The van der Waals surface area contributed by atoms with E-state index in [9.17, 15) is 9.59 Å². The lowest BCUT2D eigenvalue weighted by molar-refractivity contribution is 0.0185. The lowest BCUT2D eigenvalue weighted by atomic mass is 9.97. The van der Waals surface area contributed by atoms with Crippen LogP contribution in [0.2, 0.25) is 10.0 Å². The maximum absolute atomic E-state index is 12.0. The standard InChI is InChI=1S/C18H25Cl2N3O3/c1-18(2,3)26-17(25)23-6-4-12(5-7-23)11-21-16(24)22-15-9-13(19)8-14(20)10-15/h8-10,12H,4-7,11H2,1-3H3,(H2,21,22,24). The third-order valence-electron chi connectivity index (χ3n) is 3.94. The Bertz CT molecular complexity index is 633. The summed E-state index contributed by atoms with van der Waals surface area (Å²) in [6.45, 7) is 7.37. The van der Waals surface area contributed by atoms with Crippen molar-refractivity contribution in [1.29, 1.82) is 0 Å². The van der Waals surface area contributed by atoms with Crippen LogP contribution in [-0.4, -0.2) is 42.3 Å². The van der Waals surface area contributed by atoms with Gasteiger partial charge in [-0.15, -0.1) is 0 Å². The Kier molecular flexibility index (Phi) is 7.01. The number of benzene rings is 1. The highest BCUT2D eigenvalue weighted by Gasteiger charge is 2.26. The molecule has 0 unspecified atom stereocenters. The van der Waals surface area contributed by atoms with Crippen LogP contribution in [-0.2, 0) is 4.74 Å². The maximum atomic E-state index is 12.0. The van der Waals surface area contributed by atoms with E-state index in [0.717, 1.165) is 12.8 Å². The lowest BCUT2D eigenvalue weighted by Gasteiger charge is -2.33. The molecule has 0 aliphatic carbocycles. The number of urea groups is 1. The fourth-order valence-electron chi connectivity index (χ4n) is 2.68. The van der Waals surface area contributed by atoms with Gasteiger partial charge in [0.2, 0.25) is 0 Å². The molecule has 144 valence electrons. The third kappa shape index (κ3) is 6.92. The second kappa shape index (κ2) is 8.82. The number of ether oxygens (including phenoxy) is 1. The van der Waals surface area contributed by atoms with E-state index in [4.69, 9.17) is 27.9 Å². The number of carbonyl (C=O) groups excluding carboxylic acids is 2. The summed E-state index contributed by atoms with van der Waals surface area (Å²) in [5.41, 5.74) is 0.0522. The average Bonchev–Trinajstić information content (AvgIpc) is 2.50. The first-order chi connectivity index (χ1) is 12.1. The minimum Gasteiger partial charge on any atom is -0.444 e. The molecule has 0 bridgehead atoms. The molecule has 1 aliphatic rings. The van der Waals surface area contributed by atoms with E-state index in [0.29, 0.717) is 41.3 Å². The molecule has 0 atom stereocenters. The third-order valence-corrected chi connectivity index (χ3v) is 4.37. The molecule has 3 amide bonds. The van der Waals surface area contributed by atoms with E-state index >= 15 is 0 Å². The van der Waals surface area contributed by atoms with Gasteiger partial charge in [-0.3, -0.25) is 0 Å². The van der Waals surface area contributed by atoms with E-state index in [1.54, 1.807) is 23.1 Å². The highest BCUT2D eigenvalue weighted by molar-refractivity contribution is 6.35. The van der Waals surface area contributed by atoms with Crippen molar-refractivity contribution in [3.63, 3.8) is 0 Å². The zero-order valence-electron chi connectivity index (χ0n) is 15.3. The zero-order chi connectivity index (χ0) is 19.3. The summed E-state index contributed by atoms with van der Waals surface area (Å²) in [5.74, 6) is 0.322. The van der Waals surface area contributed by atoms with Crippen LogP contribution in [0.5, 0.6) is 0 Å². The van der Waals surface area contributed by atoms with Gasteiger partial charge < -0.3 is 20.3 Å². The minimum atomic E-state index is -0.489. The SMILES string of the molecule is CC(C)(C)OC(=O)N1CCC(CNC(=O)Nc2cc(Cl)cc(Cl)c2)CC1. The monoisotopic (exact) mass is 401 g/mol. The van der Waals surface area contributed by atoms with Gasteiger partial charge in [0.25, 0.3) is 0 Å². The molecule has 1 fully saturated rings. The maximum Gasteiger partial charge on any atom is 0.410 e. The molecule has 0 aromatic heterocycles. The van der Waals surface area contributed by atoms with Crippen LogP contribution >= 0.6 is 23.2 Å². The van der Waals surface area contributed by atoms with Gasteiger partial charge >= 0.3 is 12.1 Å². The number of likely N-dealkylation sites (tertiary alicyclic amines) is 1. The van der Waals surface area contributed by atoms with Crippen molar-refractivity contribution >= 4 is 41.0 Å². The summed E-state index contributed by atoms with van der Waals surface area (Å²) in [6, 6.07) is 4.56. The normalized spacial score (nSPS) is 15.5. The van der Waals surface area contributed by atoms with Crippen molar-refractivity contribution in [2.24, 2.45) is 5.92 Å². The molecular weight excluding hydrogens is 377 g/mol. The van der Waals surface area contributed by atoms with E-state index in [1.807, 2.05) is 20.8 Å². The van der Waals surface area contributed by atoms with Crippen molar-refractivity contribution in [3.05, 3.63) is 28.2 Å². The van der Waals surface area contributed by atoms with Gasteiger partial charge in [-0.25, -0.2) is 9.59 Å². The van der Waals surface area contributed by atoms with Gasteiger partial charge in [0.1, 0.15) is 5.60 Å². The van der Waals surface area contributed by atoms with E-state index in [1.165, 1.54) is 0 Å². The Labute approximate surface area is 164 Å². The first-order valence-electron chi connectivity index (χ1n) is 8.61. The number of halogens is 2. The second-order valence-electron chi connectivity index (χ2n) is 7.40. The van der Waals surface area contributed by atoms with Gasteiger partial charge in [-0.2, -0.15) is 0 Å². The molecule has 6 nitrogen and oxygen atoms in total. The van der Waals surface area contributed by atoms with Crippen molar-refractivity contribution in [2.45, 2.75) is 39.2 Å². The highest BCUT2D eigenvalue weighted by atomic mass is 35.5. The van der Waals surface area contributed by atoms with E-state index in [-0.39, 0.29) is 12.1 Å². The Morgan fingerprint density at radius 2 is 1.73 bits per heavy atom. The summed E-state index contributed by atoms with van der Waals surface area (Å²) in [6.07, 6.45) is 1.37. The second-order valence-corrected chi connectivity index (χ2v) is 8.28. The number of hydrogen-bond acceptors (Lipinski definition) is 3. The summed E-state index contributed by atoms with van der Waals surface area (Å²) < 4.78 is 5.38. The molecule has 2 N–H and O–H groups in total. The molecule has 0 spiro atoms. The average molecular weight is 402 g/mol. The van der Waals surface area contributed by atoms with Crippen LogP contribution in [0.3, 0.4) is 0 Å². The quantitative estimate of drug-likeness (QED) is 0.766. The van der Waals surface area contributed by atoms with Gasteiger partial charge in [-0.05, 0) is 57.7 Å². The number of nitrogens with zero attached hydrogens (tertiary/aromatic N) is 1. The number of anilines is 1. The van der Waals surface area contributed by atoms with Gasteiger partial charge in [0.05, 0.1) is 0 Å². The Balaban J connectivity index is 1.72. The summed E-state index contributed by atoms with van der Waals surface area (Å²) in [7, 11) is 0. The molecule has 1 heterocycles. The van der Waals surface area contributed by atoms with Crippen molar-refractivity contribution in [2.75, 3.05) is 25.0 Å². The lowest BCUT2D eigenvalue weighted by Crippen LogP contribution is -2.44. The van der Waals surface area contributed by atoms with E-state index < -0.39 is 5.60 Å². The zero-order valence-corrected chi connectivity index (χ0v) is 16.8. The Morgan fingerprint density at radius 1 is 1.15 bits per heavy atom. The van der Waals surface area contributed by atoms with Crippen LogP contribution in [0.4, 0.5) is 15.3 Å². The topological polar surface area (TPSA) is 70.7 Å². The Morgan fingerprint density at radius 3 is 2.27 bits per heavy atom. The molecule has 0 saturated carbocycles. The van der Waals surface area contributed by atoms with Crippen molar-refractivity contribution in [1.82, 2.24) is 10.2 Å². The van der Waals surface area contributed by atoms with E-state index in [2.05, 4.69) is 10.6 Å². The predicted molar refractivity (Wildman–Crippen MR) is 104 cm³/mol. The summed E-state index contributed by atoms with van der Waals surface area (Å²) in [4.78, 5) is 25.8. The number of hydrogen-bond donors (Lipinski definition) is 2. The van der Waals surface area contributed by atoms with Gasteiger partial charge in [0.15, 0.2) is 0 Å². The molecule has 26 heavy (non-hydrogen) atoms. The van der Waals surface area contributed by atoms with Crippen molar-refractivity contribution in [3.8, 4) is 0 Å². The highest BCUT2D eigenvalue weighted by Crippen LogP contribution is 2.22. The number of carbonyl (C=O) groups is 2. The van der Waals surface area contributed by atoms with Crippen LogP contribution in [0, 0.1) is 5.92 Å². The number of piperidine rings is 1. The van der Waals surface area contributed by atoms with Crippen molar-refractivity contribution < 1.29 is 14.3 Å². The number of nitrogens with one attached hydrogen (secondary N) is 2. The summed E-state index contributed by atoms with van der Waals surface area (Å²) >= 11 is 11.8. The largest absolute Gasteiger partial charge is 0.444 e. The molecule has 1 saturated heterocycles. The smallest absolute Gasteiger partial charge is 0.410 e. The first-order valence-corrected chi connectivity index (χ1v) is 9.37. The molecule has 1 aromatic carbocycles. The van der Waals surface area contributed by atoms with Gasteiger partial charge in [-0.1, -0.05) is 23.2 Å². The molecule has 1 aromatic rings. The first kappa shape index (κ1) is 20.6. The molecule has 2 rings (SSSR count). The van der Waals surface area contributed by atoms with Crippen LogP contribution < -0.4 is 10.6 Å². The molecule has 1 aliphatic heterocycles. The summed E-state index contributed by atoms with van der Waals surface area (Å²) in [5, 5.41) is 6.48. The van der Waals surface area contributed by atoms with Crippen LogP contribution in [0.15, 0.2) is 18.2 Å². The van der Waals surface area contributed by atoms with Gasteiger partial charge in [0, 0.05) is 35.4 Å². The fourth-order valence-corrected chi connectivity index (χ4v) is 3.21. The Hall–Kier alpha value is -1.66. The molecule has 8 heteroatoms. The minimum absolute atomic E-state index is 0.278. The number of rotatable bonds is 3. The fraction of sp³-hybridized carbons (Fsp3) is 0.556. The predicted octanol–water partition coefficient (Wildman–Crippen LogP) is 4.76. The number of amides is 3. The molecule has 0 radical (unpaired) electrons.